The van der Waals surface area contributed by atoms with E-state index in [-0.39, 0.29) is 0 Å². The number of hydrogen-bond acceptors (Lipinski definition) is 1. The van der Waals surface area contributed by atoms with Gasteiger partial charge in [0.1, 0.15) is 0 Å². The molecule has 1 aromatic rings. The molecule has 78 valence electrons. The van der Waals surface area contributed by atoms with Crippen LogP contribution < -0.4 is 0 Å². The molecule has 0 N–H and O–H groups in total. The number of allylic oxidation sites excluding steroid dienone is 2. The lowest BCUT2D eigenvalue weighted by Gasteiger charge is -2.22. The van der Waals surface area contributed by atoms with Gasteiger partial charge in [-0.15, -0.1) is 0 Å². The summed E-state index contributed by atoms with van der Waals surface area (Å²) >= 11 is 11.8. The summed E-state index contributed by atoms with van der Waals surface area (Å²) < 4.78 is -0.854. The Kier molecular flexibility index (Phi) is 3.03. The fraction of sp³-hybridized carbons (Fsp3) is 0.167. The molecule has 0 saturated heterocycles. The average molecular weight is 240 g/mol. The summed E-state index contributed by atoms with van der Waals surface area (Å²) in [5.74, 6) is 0. The van der Waals surface area contributed by atoms with Crippen LogP contribution >= 0.6 is 23.2 Å². The van der Waals surface area contributed by atoms with Crippen molar-refractivity contribution in [2.24, 2.45) is 0 Å². The molecule has 15 heavy (non-hydrogen) atoms. The van der Waals surface area contributed by atoms with E-state index in [0.717, 1.165) is 6.54 Å². The lowest BCUT2D eigenvalue weighted by molar-refractivity contribution is 0.491. The van der Waals surface area contributed by atoms with Crippen LogP contribution in [0.1, 0.15) is 5.56 Å². The molecule has 0 atom stereocenters. The predicted octanol–water partition coefficient (Wildman–Crippen LogP) is 3.70. The summed E-state index contributed by atoms with van der Waals surface area (Å²) in [4.78, 5) is 2.04. The van der Waals surface area contributed by atoms with Crippen molar-refractivity contribution in [1.29, 1.82) is 0 Å². The van der Waals surface area contributed by atoms with E-state index in [1.807, 2.05) is 35.5 Å². The van der Waals surface area contributed by atoms with E-state index in [9.17, 15) is 0 Å². The van der Waals surface area contributed by atoms with Crippen molar-refractivity contribution in [2.45, 2.75) is 10.9 Å². The standard InChI is InChI=1S/C12H11Cl2N/c13-12(14)6-8-15(9-7-12)10-11-4-2-1-3-5-11/h1-9H,10H2. The van der Waals surface area contributed by atoms with Crippen LogP contribution in [0.3, 0.4) is 0 Å². The number of benzene rings is 1. The summed E-state index contributed by atoms with van der Waals surface area (Å²) in [6, 6.07) is 10.2. The topological polar surface area (TPSA) is 3.24 Å². The second kappa shape index (κ2) is 4.30. The summed E-state index contributed by atoms with van der Waals surface area (Å²) in [6.07, 6.45) is 7.32. The van der Waals surface area contributed by atoms with Crippen LogP contribution in [0.4, 0.5) is 0 Å². The Morgan fingerprint density at radius 2 is 1.60 bits per heavy atom. The van der Waals surface area contributed by atoms with Crippen LogP contribution in [-0.2, 0) is 6.54 Å². The number of halogens is 2. The van der Waals surface area contributed by atoms with Gasteiger partial charge in [-0.2, -0.15) is 0 Å². The minimum absolute atomic E-state index is 0.831. The SMILES string of the molecule is ClC1(Cl)C=CN(Cc2ccccc2)C=C1. The van der Waals surface area contributed by atoms with Crippen molar-refractivity contribution in [3.8, 4) is 0 Å². The lowest BCUT2D eigenvalue weighted by atomic mass is 10.2. The van der Waals surface area contributed by atoms with Crippen molar-refractivity contribution >= 4 is 23.2 Å². The first kappa shape index (κ1) is 10.6. The molecule has 0 aromatic heterocycles. The van der Waals surface area contributed by atoms with Gasteiger partial charge in [-0.3, -0.25) is 0 Å². The predicted molar refractivity (Wildman–Crippen MR) is 64.7 cm³/mol. The van der Waals surface area contributed by atoms with Gasteiger partial charge in [0.2, 0.25) is 0 Å². The highest BCUT2D eigenvalue weighted by Gasteiger charge is 2.19. The monoisotopic (exact) mass is 239 g/mol. The largest absolute Gasteiger partial charge is 0.350 e. The summed E-state index contributed by atoms with van der Waals surface area (Å²) in [7, 11) is 0. The van der Waals surface area contributed by atoms with Crippen molar-refractivity contribution in [1.82, 2.24) is 4.90 Å². The van der Waals surface area contributed by atoms with E-state index < -0.39 is 4.33 Å². The number of nitrogens with zero attached hydrogens (tertiary/aromatic N) is 1. The Labute approximate surface area is 99.6 Å². The maximum Gasteiger partial charge on any atom is 0.157 e. The molecule has 1 heterocycles. The van der Waals surface area contributed by atoms with E-state index in [4.69, 9.17) is 23.2 Å². The number of alkyl halides is 2. The third-order valence-corrected chi connectivity index (χ3v) is 2.69. The molecule has 0 amide bonds. The quantitative estimate of drug-likeness (QED) is 0.712. The number of rotatable bonds is 2. The molecule has 1 aliphatic rings. The van der Waals surface area contributed by atoms with Crippen LogP contribution in [0, 0.1) is 0 Å². The molecule has 0 fully saturated rings. The van der Waals surface area contributed by atoms with E-state index in [0.29, 0.717) is 0 Å². The van der Waals surface area contributed by atoms with Gasteiger partial charge in [0.25, 0.3) is 0 Å². The first-order valence-corrected chi connectivity index (χ1v) is 5.47. The zero-order valence-electron chi connectivity index (χ0n) is 8.11. The second-order valence-corrected chi connectivity index (χ2v) is 4.91. The first-order valence-electron chi connectivity index (χ1n) is 4.72. The molecule has 0 saturated carbocycles. The Balaban J connectivity index is 2.02. The first-order chi connectivity index (χ1) is 7.16. The van der Waals surface area contributed by atoms with Gasteiger partial charge in [-0.25, -0.2) is 0 Å². The minimum atomic E-state index is -0.854. The van der Waals surface area contributed by atoms with E-state index in [1.165, 1.54) is 5.56 Å². The Morgan fingerprint density at radius 3 is 2.20 bits per heavy atom. The third kappa shape index (κ3) is 3.01. The van der Waals surface area contributed by atoms with Gasteiger partial charge in [0.15, 0.2) is 4.33 Å². The normalized spacial score (nSPS) is 18.1. The molecule has 0 bridgehead atoms. The van der Waals surface area contributed by atoms with Gasteiger partial charge in [0.05, 0.1) is 0 Å². The van der Waals surface area contributed by atoms with E-state index in [1.54, 1.807) is 12.2 Å². The summed E-state index contributed by atoms with van der Waals surface area (Å²) in [5.41, 5.74) is 1.25. The van der Waals surface area contributed by atoms with E-state index >= 15 is 0 Å². The molecule has 1 aliphatic heterocycles. The molecule has 3 heteroatoms. The zero-order valence-corrected chi connectivity index (χ0v) is 9.62. The van der Waals surface area contributed by atoms with Crippen molar-refractivity contribution in [3.05, 3.63) is 60.4 Å². The highest BCUT2D eigenvalue weighted by atomic mass is 35.5. The van der Waals surface area contributed by atoms with Crippen molar-refractivity contribution in [2.75, 3.05) is 0 Å². The van der Waals surface area contributed by atoms with Crippen LogP contribution in [0.25, 0.3) is 0 Å². The van der Waals surface area contributed by atoms with Gasteiger partial charge < -0.3 is 4.90 Å². The second-order valence-electron chi connectivity index (χ2n) is 3.46. The Morgan fingerprint density at radius 1 is 1.00 bits per heavy atom. The molecule has 0 aliphatic carbocycles. The maximum atomic E-state index is 5.91. The van der Waals surface area contributed by atoms with E-state index in [2.05, 4.69) is 12.1 Å². The van der Waals surface area contributed by atoms with Crippen LogP contribution in [0.2, 0.25) is 0 Å². The van der Waals surface area contributed by atoms with Gasteiger partial charge in [-0.1, -0.05) is 53.5 Å². The van der Waals surface area contributed by atoms with Crippen LogP contribution in [0.5, 0.6) is 0 Å². The number of hydrogen-bond donors (Lipinski definition) is 0. The zero-order chi connectivity index (χ0) is 10.7. The highest BCUT2D eigenvalue weighted by molar-refractivity contribution is 6.51. The molecule has 0 spiro atoms. The smallest absolute Gasteiger partial charge is 0.157 e. The molecule has 0 unspecified atom stereocenters. The molecule has 0 radical (unpaired) electrons. The Bertz CT molecular complexity index is 366. The molecular formula is C12H11Cl2N. The third-order valence-electron chi connectivity index (χ3n) is 2.18. The minimum Gasteiger partial charge on any atom is -0.350 e. The average Bonchev–Trinajstić information content (AvgIpc) is 2.23. The fourth-order valence-electron chi connectivity index (χ4n) is 1.40. The maximum absolute atomic E-state index is 5.91. The summed E-state index contributed by atoms with van der Waals surface area (Å²) in [5, 5.41) is 0. The highest BCUT2D eigenvalue weighted by Crippen LogP contribution is 2.28. The van der Waals surface area contributed by atoms with Crippen molar-refractivity contribution < 1.29 is 0 Å². The fourth-order valence-corrected chi connectivity index (χ4v) is 1.62. The Hall–Kier alpha value is -0.920. The van der Waals surface area contributed by atoms with Gasteiger partial charge in [0, 0.05) is 18.9 Å². The molecule has 1 aromatic carbocycles. The summed E-state index contributed by atoms with van der Waals surface area (Å²) in [6.45, 7) is 0.831. The molecule has 1 nitrogen and oxygen atoms in total. The molecular weight excluding hydrogens is 229 g/mol. The van der Waals surface area contributed by atoms with Crippen molar-refractivity contribution in [3.63, 3.8) is 0 Å². The van der Waals surface area contributed by atoms with Crippen LogP contribution in [-0.4, -0.2) is 9.23 Å². The van der Waals surface area contributed by atoms with Crippen LogP contribution in [0.15, 0.2) is 54.9 Å². The molecule has 2 rings (SSSR count). The van der Waals surface area contributed by atoms with Gasteiger partial charge >= 0.3 is 0 Å². The lowest BCUT2D eigenvalue weighted by Crippen LogP contribution is -2.17. The van der Waals surface area contributed by atoms with Gasteiger partial charge in [-0.05, 0) is 17.7 Å².